The lowest BCUT2D eigenvalue weighted by atomic mass is 9.94. The molecule has 2 aliphatic carbocycles. The van der Waals surface area contributed by atoms with Crippen LogP contribution in [0.1, 0.15) is 48.0 Å². The standard InChI is InChI=1S/C19H28BrNO3/c1-9(2)17-10(3)15-12(8-14(20)22)16(15)11-7-13(11)21(17)18(23)24-19(4,5)6/h8-9,11-13,16-17,22H,7H2,1-6H3/b14-8-. The van der Waals surface area contributed by atoms with E-state index < -0.39 is 5.60 Å². The molecule has 5 atom stereocenters. The Labute approximate surface area is 153 Å². The average Bonchev–Trinajstić information content (AvgIpc) is 3.24. The Kier molecular flexibility index (Phi) is 4.30. The Morgan fingerprint density at radius 1 is 1.42 bits per heavy atom. The van der Waals surface area contributed by atoms with E-state index in [1.54, 1.807) is 0 Å². The SMILES string of the molecule is CC1=C2C(/C=C(\O)Br)C2C2CC2N(C(=O)OC(C)(C)C)C1C(C)C. The largest absolute Gasteiger partial charge is 0.502 e. The van der Waals surface area contributed by atoms with Crippen molar-refractivity contribution in [3.05, 3.63) is 21.9 Å². The number of hydrogen-bond acceptors (Lipinski definition) is 3. The molecule has 0 radical (unpaired) electrons. The summed E-state index contributed by atoms with van der Waals surface area (Å²) in [5, 5.41) is 9.58. The van der Waals surface area contributed by atoms with Gasteiger partial charge >= 0.3 is 6.09 Å². The highest BCUT2D eigenvalue weighted by Crippen LogP contribution is 2.65. The smallest absolute Gasteiger partial charge is 0.411 e. The average molecular weight is 398 g/mol. The fraction of sp³-hybridized carbons (Fsp3) is 0.737. The molecule has 1 N–H and O–H groups in total. The van der Waals surface area contributed by atoms with E-state index in [2.05, 4.69) is 36.7 Å². The molecule has 0 aromatic heterocycles. The first kappa shape index (κ1) is 17.8. The predicted molar refractivity (Wildman–Crippen MR) is 97.9 cm³/mol. The van der Waals surface area contributed by atoms with Gasteiger partial charge in [-0.3, -0.25) is 4.90 Å². The van der Waals surface area contributed by atoms with Crippen LogP contribution in [0, 0.1) is 23.7 Å². The van der Waals surface area contributed by atoms with Gasteiger partial charge in [0.15, 0.2) is 4.67 Å². The molecule has 3 aliphatic rings. The summed E-state index contributed by atoms with van der Waals surface area (Å²) in [6.45, 7) is 12.2. The summed E-state index contributed by atoms with van der Waals surface area (Å²) < 4.78 is 5.92. The molecule has 1 aliphatic heterocycles. The topological polar surface area (TPSA) is 49.8 Å². The van der Waals surface area contributed by atoms with E-state index in [0.717, 1.165) is 6.42 Å². The fourth-order valence-corrected chi connectivity index (χ4v) is 4.83. The van der Waals surface area contributed by atoms with E-state index in [1.807, 2.05) is 31.7 Å². The maximum absolute atomic E-state index is 12.9. The van der Waals surface area contributed by atoms with Crippen molar-refractivity contribution in [3.8, 4) is 0 Å². The normalized spacial score (nSPS) is 35.4. The molecular formula is C19H28BrNO3. The molecule has 5 heteroatoms. The van der Waals surface area contributed by atoms with Gasteiger partial charge < -0.3 is 9.84 Å². The van der Waals surface area contributed by atoms with Gasteiger partial charge in [0.1, 0.15) is 5.60 Å². The van der Waals surface area contributed by atoms with Gasteiger partial charge in [0.2, 0.25) is 0 Å². The zero-order chi connectivity index (χ0) is 18.0. The molecule has 0 aromatic rings. The Balaban J connectivity index is 1.94. The minimum absolute atomic E-state index is 0.0747. The molecule has 0 bridgehead atoms. The summed E-state index contributed by atoms with van der Waals surface area (Å²) in [6, 6.07) is 0.339. The lowest BCUT2D eigenvalue weighted by molar-refractivity contribution is 0.0118. The summed E-state index contributed by atoms with van der Waals surface area (Å²) in [5.74, 6) is 1.62. The Morgan fingerprint density at radius 2 is 2.04 bits per heavy atom. The number of carbonyl (C=O) groups is 1. The summed E-state index contributed by atoms with van der Waals surface area (Å²) >= 11 is 3.14. The first-order valence-corrected chi connectivity index (χ1v) is 9.60. The number of rotatable bonds is 2. The van der Waals surface area contributed by atoms with Crippen LogP contribution >= 0.6 is 15.9 Å². The van der Waals surface area contributed by atoms with Crippen molar-refractivity contribution >= 4 is 22.0 Å². The number of aliphatic hydroxyl groups is 1. The lowest BCUT2D eigenvalue weighted by Crippen LogP contribution is -2.48. The molecule has 0 saturated heterocycles. The number of amides is 1. The zero-order valence-electron chi connectivity index (χ0n) is 15.3. The minimum atomic E-state index is -0.480. The van der Waals surface area contributed by atoms with Crippen molar-refractivity contribution in [2.45, 2.75) is 65.6 Å². The third-order valence-corrected chi connectivity index (χ3v) is 5.64. The Hall–Kier alpha value is -0.970. The molecule has 0 spiro atoms. The molecule has 1 amide bonds. The van der Waals surface area contributed by atoms with Crippen molar-refractivity contribution in [1.29, 1.82) is 0 Å². The Morgan fingerprint density at radius 3 is 2.54 bits per heavy atom. The molecule has 5 unspecified atom stereocenters. The number of aliphatic hydroxyl groups excluding tert-OH is 1. The summed E-state index contributed by atoms with van der Waals surface area (Å²) in [7, 11) is 0. The fourth-order valence-electron chi connectivity index (χ4n) is 4.55. The third kappa shape index (κ3) is 3.12. The lowest BCUT2D eigenvalue weighted by Gasteiger charge is -2.36. The summed E-state index contributed by atoms with van der Waals surface area (Å²) in [4.78, 5) is 14.9. The van der Waals surface area contributed by atoms with Crippen molar-refractivity contribution in [2.75, 3.05) is 0 Å². The monoisotopic (exact) mass is 397 g/mol. The quantitative estimate of drug-likeness (QED) is 0.526. The van der Waals surface area contributed by atoms with E-state index in [9.17, 15) is 9.90 Å². The van der Waals surface area contributed by atoms with E-state index in [1.165, 1.54) is 11.1 Å². The van der Waals surface area contributed by atoms with Crippen molar-refractivity contribution in [1.82, 2.24) is 4.90 Å². The maximum atomic E-state index is 12.9. The minimum Gasteiger partial charge on any atom is -0.502 e. The van der Waals surface area contributed by atoms with Gasteiger partial charge in [-0.1, -0.05) is 25.0 Å². The second-order valence-corrected chi connectivity index (χ2v) is 9.54. The highest BCUT2D eigenvalue weighted by atomic mass is 79.9. The second kappa shape index (κ2) is 5.79. The molecule has 2 fully saturated rings. The van der Waals surface area contributed by atoms with E-state index in [0.29, 0.717) is 23.7 Å². The first-order valence-electron chi connectivity index (χ1n) is 8.81. The van der Waals surface area contributed by atoms with Crippen LogP contribution in [-0.2, 0) is 4.74 Å². The van der Waals surface area contributed by atoms with Gasteiger partial charge in [0, 0.05) is 12.0 Å². The highest BCUT2D eigenvalue weighted by molar-refractivity contribution is 9.11. The highest BCUT2D eigenvalue weighted by Gasteiger charge is 2.64. The van der Waals surface area contributed by atoms with Crippen LogP contribution in [0.5, 0.6) is 0 Å². The number of allylic oxidation sites excluding steroid dienone is 2. The van der Waals surface area contributed by atoms with Crippen LogP contribution < -0.4 is 0 Å². The molecule has 1 heterocycles. The van der Waals surface area contributed by atoms with Crippen molar-refractivity contribution < 1.29 is 14.6 Å². The number of nitrogens with zero attached hydrogens (tertiary/aromatic N) is 1. The van der Waals surface area contributed by atoms with Gasteiger partial charge in [0.25, 0.3) is 0 Å². The van der Waals surface area contributed by atoms with E-state index in [-0.39, 0.29) is 22.8 Å². The van der Waals surface area contributed by atoms with E-state index in [4.69, 9.17) is 4.74 Å². The number of hydrogen-bond donors (Lipinski definition) is 1. The molecule has 3 rings (SSSR count). The van der Waals surface area contributed by atoms with Crippen LogP contribution in [-0.4, -0.2) is 33.8 Å². The van der Waals surface area contributed by atoms with Crippen LogP contribution in [0.4, 0.5) is 4.79 Å². The molecule has 134 valence electrons. The van der Waals surface area contributed by atoms with Gasteiger partial charge in [-0.05, 0) is 73.9 Å². The second-order valence-electron chi connectivity index (χ2n) is 8.72. The maximum Gasteiger partial charge on any atom is 0.411 e. The number of fused-ring (bicyclic) bond motifs is 3. The first-order chi connectivity index (χ1) is 11.0. The zero-order valence-corrected chi connectivity index (χ0v) is 16.9. The predicted octanol–water partition coefficient (Wildman–Crippen LogP) is 5.01. The number of carbonyl (C=O) groups excluding carboxylic acids is 1. The molecule has 2 saturated carbocycles. The molecule has 24 heavy (non-hydrogen) atoms. The van der Waals surface area contributed by atoms with Gasteiger partial charge in [0.05, 0.1) is 6.04 Å². The van der Waals surface area contributed by atoms with Crippen LogP contribution in [0.25, 0.3) is 0 Å². The number of ether oxygens (including phenoxy) is 1. The van der Waals surface area contributed by atoms with Gasteiger partial charge in [-0.2, -0.15) is 0 Å². The van der Waals surface area contributed by atoms with Crippen LogP contribution in [0.15, 0.2) is 21.9 Å². The van der Waals surface area contributed by atoms with Crippen LogP contribution in [0.3, 0.4) is 0 Å². The summed E-state index contributed by atoms with van der Waals surface area (Å²) in [6.07, 6.45) is 2.75. The molecular weight excluding hydrogens is 370 g/mol. The Bertz CT molecular complexity index is 613. The van der Waals surface area contributed by atoms with Gasteiger partial charge in [-0.25, -0.2) is 4.79 Å². The van der Waals surface area contributed by atoms with Gasteiger partial charge in [-0.15, -0.1) is 0 Å². The van der Waals surface area contributed by atoms with Crippen LogP contribution in [0.2, 0.25) is 0 Å². The van der Waals surface area contributed by atoms with E-state index >= 15 is 0 Å². The number of halogens is 1. The molecule has 0 aromatic carbocycles. The van der Waals surface area contributed by atoms with Crippen molar-refractivity contribution in [2.24, 2.45) is 23.7 Å². The third-order valence-electron chi connectivity index (χ3n) is 5.37. The van der Waals surface area contributed by atoms with Crippen molar-refractivity contribution in [3.63, 3.8) is 0 Å². The summed E-state index contributed by atoms with van der Waals surface area (Å²) in [5.41, 5.74) is 2.22. The molecule has 4 nitrogen and oxygen atoms in total.